The minimum absolute atomic E-state index is 0.475. The number of nitrogens with one attached hydrogen (secondary N) is 1. The molecule has 2 aromatic rings. The highest BCUT2D eigenvalue weighted by Gasteiger charge is 2.37. The molecular formula is C21H27N3. The van der Waals surface area contributed by atoms with Crippen molar-refractivity contribution in [3.05, 3.63) is 59.7 Å². The molecule has 0 amide bonds. The molecule has 0 bridgehead atoms. The van der Waals surface area contributed by atoms with Crippen LogP contribution in [0.4, 0.5) is 0 Å². The molecule has 2 aromatic carbocycles. The van der Waals surface area contributed by atoms with Gasteiger partial charge in [0, 0.05) is 31.6 Å². The van der Waals surface area contributed by atoms with Crippen LogP contribution in [0.3, 0.4) is 0 Å². The van der Waals surface area contributed by atoms with Crippen molar-refractivity contribution in [3.8, 4) is 11.1 Å². The number of fused-ring (bicyclic) bond motifs is 3. The lowest BCUT2D eigenvalue weighted by atomic mass is 9.87. The number of nitrogens with zero attached hydrogens (tertiary/aromatic N) is 1. The molecule has 1 fully saturated rings. The summed E-state index contributed by atoms with van der Waals surface area (Å²) < 4.78 is 0. The van der Waals surface area contributed by atoms with Crippen LogP contribution in [-0.2, 0) is 0 Å². The zero-order valence-corrected chi connectivity index (χ0v) is 14.2. The molecule has 4 rings (SSSR count). The van der Waals surface area contributed by atoms with Crippen molar-refractivity contribution in [1.29, 1.82) is 0 Å². The number of hydrogen-bond donors (Lipinski definition) is 2. The highest BCUT2D eigenvalue weighted by Crippen LogP contribution is 2.47. The van der Waals surface area contributed by atoms with E-state index in [-0.39, 0.29) is 0 Å². The van der Waals surface area contributed by atoms with Crippen LogP contribution in [-0.4, -0.2) is 43.7 Å². The van der Waals surface area contributed by atoms with Crippen LogP contribution in [0.1, 0.15) is 29.9 Å². The molecule has 1 aliphatic carbocycles. The van der Waals surface area contributed by atoms with Crippen molar-refractivity contribution in [2.24, 2.45) is 5.73 Å². The predicted octanol–water partition coefficient (Wildman–Crippen LogP) is 2.81. The van der Waals surface area contributed by atoms with E-state index in [0.717, 1.165) is 39.1 Å². The second kappa shape index (κ2) is 7.06. The largest absolute Gasteiger partial charge is 0.330 e. The van der Waals surface area contributed by atoms with Gasteiger partial charge in [-0.15, -0.1) is 0 Å². The van der Waals surface area contributed by atoms with Crippen molar-refractivity contribution >= 4 is 0 Å². The van der Waals surface area contributed by atoms with Gasteiger partial charge in [-0.2, -0.15) is 0 Å². The standard InChI is InChI=1S/C21H27N3/c22-11-5-6-13-24-14-12-23-15-20(24)21-18-9-3-1-7-16(18)17-8-2-4-10-19(17)21/h1-4,7-10,20-21,23H,5-6,11-15,22H2. The molecule has 3 nitrogen and oxygen atoms in total. The Morgan fingerprint density at radius 2 is 1.62 bits per heavy atom. The Hall–Kier alpha value is -1.68. The normalized spacial score (nSPS) is 20.8. The van der Waals surface area contributed by atoms with Crippen molar-refractivity contribution in [2.75, 3.05) is 32.7 Å². The second-order valence-corrected chi connectivity index (χ2v) is 6.96. The van der Waals surface area contributed by atoms with Gasteiger partial charge in [-0.05, 0) is 48.2 Å². The minimum Gasteiger partial charge on any atom is -0.330 e. The Morgan fingerprint density at radius 1 is 0.958 bits per heavy atom. The number of hydrogen-bond acceptors (Lipinski definition) is 3. The molecule has 1 saturated heterocycles. The zero-order valence-electron chi connectivity index (χ0n) is 14.2. The van der Waals surface area contributed by atoms with Gasteiger partial charge in [0.05, 0.1) is 0 Å². The molecule has 1 aliphatic heterocycles. The van der Waals surface area contributed by atoms with Gasteiger partial charge in [0.15, 0.2) is 0 Å². The van der Waals surface area contributed by atoms with Gasteiger partial charge >= 0.3 is 0 Å². The van der Waals surface area contributed by atoms with Crippen LogP contribution >= 0.6 is 0 Å². The molecule has 1 atom stereocenters. The molecule has 1 heterocycles. The minimum atomic E-state index is 0.475. The summed E-state index contributed by atoms with van der Waals surface area (Å²) in [5.74, 6) is 0.475. The fraction of sp³-hybridized carbons (Fsp3) is 0.429. The van der Waals surface area contributed by atoms with Crippen molar-refractivity contribution in [1.82, 2.24) is 10.2 Å². The fourth-order valence-electron chi connectivity index (χ4n) is 4.44. The third kappa shape index (κ3) is 2.77. The van der Waals surface area contributed by atoms with E-state index in [4.69, 9.17) is 5.73 Å². The highest BCUT2D eigenvalue weighted by molar-refractivity contribution is 5.79. The lowest BCUT2D eigenvalue weighted by Crippen LogP contribution is -2.53. The summed E-state index contributed by atoms with van der Waals surface area (Å²) in [7, 11) is 0. The monoisotopic (exact) mass is 321 g/mol. The first-order chi connectivity index (χ1) is 11.9. The van der Waals surface area contributed by atoms with E-state index in [2.05, 4.69) is 58.7 Å². The van der Waals surface area contributed by atoms with Crippen LogP contribution in [0.2, 0.25) is 0 Å². The van der Waals surface area contributed by atoms with Crippen molar-refractivity contribution in [2.45, 2.75) is 24.8 Å². The Bertz CT molecular complexity index is 651. The third-order valence-corrected chi connectivity index (χ3v) is 5.56. The maximum Gasteiger partial charge on any atom is 0.0330 e. The van der Waals surface area contributed by atoms with E-state index < -0.39 is 0 Å². The quantitative estimate of drug-likeness (QED) is 0.832. The number of piperazine rings is 1. The molecule has 2 aliphatic rings. The van der Waals surface area contributed by atoms with Crippen LogP contribution in [0.15, 0.2) is 48.5 Å². The molecule has 0 saturated carbocycles. The Morgan fingerprint density at radius 3 is 2.29 bits per heavy atom. The maximum absolute atomic E-state index is 5.70. The first-order valence-electron chi connectivity index (χ1n) is 9.23. The number of rotatable bonds is 5. The summed E-state index contributed by atoms with van der Waals surface area (Å²) >= 11 is 0. The molecule has 126 valence electrons. The molecule has 0 aromatic heterocycles. The molecule has 0 spiro atoms. The Kier molecular flexibility index (Phi) is 4.65. The van der Waals surface area contributed by atoms with Crippen LogP contribution in [0.25, 0.3) is 11.1 Å². The Balaban J connectivity index is 1.69. The second-order valence-electron chi connectivity index (χ2n) is 6.96. The lowest BCUT2D eigenvalue weighted by molar-refractivity contribution is 0.146. The van der Waals surface area contributed by atoms with Gasteiger partial charge < -0.3 is 11.1 Å². The first-order valence-corrected chi connectivity index (χ1v) is 9.23. The van der Waals surface area contributed by atoms with E-state index in [9.17, 15) is 0 Å². The maximum atomic E-state index is 5.70. The summed E-state index contributed by atoms with van der Waals surface area (Å²) in [6, 6.07) is 18.4. The summed E-state index contributed by atoms with van der Waals surface area (Å²) in [4.78, 5) is 2.69. The van der Waals surface area contributed by atoms with Gasteiger partial charge in [-0.25, -0.2) is 0 Å². The van der Waals surface area contributed by atoms with E-state index in [0.29, 0.717) is 12.0 Å². The van der Waals surface area contributed by atoms with E-state index in [1.54, 1.807) is 0 Å². The topological polar surface area (TPSA) is 41.3 Å². The average Bonchev–Trinajstić information content (AvgIpc) is 2.97. The lowest BCUT2D eigenvalue weighted by Gasteiger charge is -2.40. The molecule has 0 radical (unpaired) electrons. The van der Waals surface area contributed by atoms with E-state index >= 15 is 0 Å². The number of benzene rings is 2. The molecular weight excluding hydrogens is 294 g/mol. The molecule has 3 heteroatoms. The summed E-state index contributed by atoms with van der Waals surface area (Å²) in [6.07, 6.45) is 2.32. The third-order valence-electron chi connectivity index (χ3n) is 5.56. The average molecular weight is 321 g/mol. The smallest absolute Gasteiger partial charge is 0.0330 e. The van der Waals surface area contributed by atoms with E-state index in [1.165, 1.54) is 28.7 Å². The first kappa shape index (κ1) is 15.8. The van der Waals surface area contributed by atoms with Gasteiger partial charge in [0.25, 0.3) is 0 Å². The van der Waals surface area contributed by atoms with Crippen molar-refractivity contribution in [3.63, 3.8) is 0 Å². The van der Waals surface area contributed by atoms with E-state index in [1.807, 2.05) is 0 Å². The van der Waals surface area contributed by atoms with Gasteiger partial charge in [-0.1, -0.05) is 48.5 Å². The summed E-state index contributed by atoms with van der Waals surface area (Å²) in [6.45, 7) is 5.25. The van der Waals surface area contributed by atoms with Gasteiger partial charge in [-0.3, -0.25) is 4.90 Å². The number of unbranched alkanes of at least 4 members (excludes halogenated alkanes) is 1. The molecule has 3 N–H and O–H groups in total. The highest BCUT2D eigenvalue weighted by atomic mass is 15.2. The van der Waals surface area contributed by atoms with Gasteiger partial charge in [0.2, 0.25) is 0 Å². The van der Waals surface area contributed by atoms with Crippen LogP contribution < -0.4 is 11.1 Å². The molecule has 24 heavy (non-hydrogen) atoms. The molecule has 1 unspecified atom stereocenters. The zero-order chi connectivity index (χ0) is 16.4. The number of nitrogens with two attached hydrogens (primary N) is 1. The van der Waals surface area contributed by atoms with Crippen molar-refractivity contribution < 1.29 is 0 Å². The predicted molar refractivity (Wildman–Crippen MR) is 100 cm³/mol. The summed E-state index contributed by atoms with van der Waals surface area (Å²) in [5, 5.41) is 3.63. The summed E-state index contributed by atoms with van der Waals surface area (Å²) in [5.41, 5.74) is 11.5. The van der Waals surface area contributed by atoms with Crippen LogP contribution in [0.5, 0.6) is 0 Å². The van der Waals surface area contributed by atoms with Gasteiger partial charge in [0.1, 0.15) is 0 Å². The Labute approximate surface area is 144 Å². The fourth-order valence-corrected chi connectivity index (χ4v) is 4.44. The van der Waals surface area contributed by atoms with Crippen LogP contribution in [0, 0.1) is 0 Å². The SMILES string of the molecule is NCCCCN1CCNCC1C1c2ccccc2-c2ccccc21.